The van der Waals surface area contributed by atoms with Gasteiger partial charge < -0.3 is 24.1 Å². The molecule has 1 aromatic heterocycles. The van der Waals surface area contributed by atoms with E-state index in [9.17, 15) is 13.9 Å². The first-order valence-corrected chi connectivity index (χ1v) is 14.6. The molecule has 4 rings (SSSR count). The summed E-state index contributed by atoms with van der Waals surface area (Å²) in [5, 5.41) is 9.92. The van der Waals surface area contributed by atoms with Gasteiger partial charge in [-0.05, 0) is 28.6 Å². The average Bonchev–Trinajstić information content (AvgIpc) is 3.33. The number of ether oxygens (including phenoxy) is 4. The van der Waals surface area contributed by atoms with Crippen molar-refractivity contribution in [2.45, 2.75) is 56.8 Å². The Hall–Kier alpha value is -0.863. The minimum absolute atomic E-state index is 0.0208. The Bertz CT molecular complexity index is 938. The van der Waals surface area contributed by atoms with Crippen molar-refractivity contribution in [3.05, 3.63) is 21.3 Å². The second-order valence-corrected chi connectivity index (χ2v) is 15.5. The Balaban J connectivity index is 1.61. The number of hydrogen-bond acceptors (Lipinski definition) is 6. The Morgan fingerprint density at radius 2 is 2.00 bits per heavy atom. The highest BCUT2D eigenvalue weighted by Crippen LogP contribution is 2.33. The first-order valence-electron chi connectivity index (χ1n) is 9.85. The highest BCUT2D eigenvalue weighted by atomic mass is 127. The molecule has 11 heteroatoms. The number of nitrogens with zero attached hydrogens (tertiary/aromatic N) is 2. The molecule has 2 aliphatic rings. The summed E-state index contributed by atoms with van der Waals surface area (Å²) in [7, 11) is -1.28. The summed E-state index contributed by atoms with van der Waals surface area (Å²) in [6.45, 7) is 7.71. The van der Waals surface area contributed by atoms with Crippen LogP contribution in [0.3, 0.4) is 0 Å². The van der Waals surface area contributed by atoms with Crippen molar-refractivity contribution in [2.75, 3.05) is 19.8 Å². The number of aliphatic hydroxyl groups is 1. The largest absolute Gasteiger partial charge is 0.456 e. The molecule has 0 unspecified atom stereocenters. The molecule has 2 aliphatic heterocycles. The summed E-state index contributed by atoms with van der Waals surface area (Å²) in [6.07, 6.45) is -2.13. The van der Waals surface area contributed by atoms with Gasteiger partial charge >= 0.3 is 0 Å². The van der Waals surface area contributed by atoms with E-state index in [-0.39, 0.29) is 40.6 Å². The molecule has 3 heterocycles. The molecule has 7 nitrogen and oxygen atoms in total. The van der Waals surface area contributed by atoms with Gasteiger partial charge in [-0.2, -0.15) is 4.98 Å². The SMILES string of the molecule is C[Si](C)(C)CCOCn1c(O[C@@H]2CO[C@H]3[C@@H]2OC[C@H]3O)nc2c(F)c(I)c(F)cc21. The number of fused-ring (bicyclic) bond motifs is 2. The zero-order valence-electron chi connectivity index (χ0n) is 17.0. The van der Waals surface area contributed by atoms with Gasteiger partial charge in [-0.25, -0.2) is 8.78 Å². The van der Waals surface area contributed by atoms with Crippen LogP contribution in [0.5, 0.6) is 6.01 Å². The first-order chi connectivity index (χ1) is 14.2. The van der Waals surface area contributed by atoms with Crippen LogP contribution in [0, 0.1) is 15.2 Å². The standard InChI is InChI=1S/C19H25F2IN2O5Si/c1-30(2,3)5-4-26-9-24-11-6-10(20)15(22)14(21)16(11)23-19(24)29-13-8-28-17-12(25)7-27-18(13)17/h6,12-13,17-18,25H,4-5,7-9H2,1-3H3/t12-,13-,17-,18-/m1/s1. The van der Waals surface area contributed by atoms with Crippen molar-refractivity contribution in [2.24, 2.45) is 0 Å². The van der Waals surface area contributed by atoms with E-state index < -0.39 is 44.1 Å². The number of hydrogen-bond donors (Lipinski definition) is 1. The fourth-order valence-electron chi connectivity index (χ4n) is 3.57. The van der Waals surface area contributed by atoms with Crippen molar-refractivity contribution in [3.63, 3.8) is 0 Å². The normalized spacial score (nSPS) is 26.5. The number of imidazole rings is 1. The fraction of sp³-hybridized carbons (Fsp3) is 0.632. The number of aliphatic hydroxyl groups excluding tert-OH is 1. The van der Waals surface area contributed by atoms with Crippen LogP contribution in [0.15, 0.2) is 6.07 Å². The maximum atomic E-state index is 14.7. The molecule has 166 valence electrons. The molecule has 2 fully saturated rings. The Kier molecular flexibility index (Phi) is 6.39. The van der Waals surface area contributed by atoms with Gasteiger partial charge in [0, 0.05) is 20.7 Å². The third-order valence-electron chi connectivity index (χ3n) is 5.30. The maximum absolute atomic E-state index is 14.7. The summed E-state index contributed by atoms with van der Waals surface area (Å²) in [5.41, 5.74) is 0.281. The van der Waals surface area contributed by atoms with Gasteiger partial charge in [0.05, 0.1) is 22.3 Å². The summed E-state index contributed by atoms with van der Waals surface area (Å²) in [6, 6.07) is 2.31. The minimum atomic E-state index is -1.28. The Labute approximate surface area is 187 Å². The fourth-order valence-corrected chi connectivity index (χ4v) is 4.74. The second-order valence-electron chi connectivity index (χ2n) is 8.84. The predicted molar refractivity (Wildman–Crippen MR) is 116 cm³/mol. The zero-order valence-corrected chi connectivity index (χ0v) is 20.2. The lowest BCUT2D eigenvalue weighted by Crippen LogP contribution is -2.35. The molecule has 1 N–H and O–H groups in total. The van der Waals surface area contributed by atoms with Crippen molar-refractivity contribution in [1.82, 2.24) is 9.55 Å². The molecule has 1 aromatic carbocycles. The molecule has 0 amide bonds. The average molecular weight is 554 g/mol. The van der Waals surface area contributed by atoms with Crippen LogP contribution in [0.25, 0.3) is 11.0 Å². The smallest absolute Gasteiger partial charge is 0.299 e. The van der Waals surface area contributed by atoms with E-state index in [0.717, 1.165) is 6.04 Å². The molecule has 0 spiro atoms. The van der Waals surface area contributed by atoms with Crippen molar-refractivity contribution in [3.8, 4) is 6.01 Å². The van der Waals surface area contributed by atoms with Crippen LogP contribution in [0.1, 0.15) is 0 Å². The maximum Gasteiger partial charge on any atom is 0.299 e. The van der Waals surface area contributed by atoms with E-state index in [2.05, 4.69) is 24.6 Å². The van der Waals surface area contributed by atoms with E-state index >= 15 is 0 Å². The van der Waals surface area contributed by atoms with Crippen LogP contribution in [0.4, 0.5) is 8.78 Å². The molecule has 30 heavy (non-hydrogen) atoms. The Morgan fingerprint density at radius 1 is 1.27 bits per heavy atom. The van der Waals surface area contributed by atoms with E-state index in [1.54, 1.807) is 22.6 Å². The molecule has 2 aromatic rings. The quantitative estimate of drug-likeness (QED) is 0.246. The molecule has 0 bridgehead atoms. The van der Waals surface area contributed by atoms with E-state index in [1.165, 1.54) is 10.6 Å². The second kappa shape index (κ2) is 8.58. The Morgan fingerprint density at radius 3 is 2.73 bits per heavy atom. The highest BCUT2D eigenvalue weighted by Gasteiger charge is 2.49. The number of benzene rings is 1. The van der Waals surface area contributed by atoms with Crippen molar-refractivity contribution >= 4 is 41.7 Å². The van der Waals surface area contributed by atoms with Gasteiger partial charge in [-0.15, -0.1) is 0 Å². The minimum Gasteiger partial charge on any atom is -0.456 e. The first kappa shape index (κ1) is 22.3. The lowest BCUT2D eigenvalue weighted by Gasteiger charge is -2.19. The van der Waals surface area contributed by atoms with Gasteiger partial charge in [0.2, 0.25) is 0 Å². The molecular formula is C19H25F2IN2O5Si. The topological polar surface area (TPSA) is 75.0 Å². The predicted octanol–water partition coefficient (Wildman–Crippen LogP) is 3.14. The zero-order chi connectivity index (χ0) is 21.6. The van der Waals surface area contributed by atoms with E-state index in [0.29, 0.717) is 6.61 Å². The van der Waals surface area contributed by atoms with Crippen LogP contribution in [-0.2, 0) is 20.9 Å². The summed E-state index contributed by atoms with van der Waals surface area (Å²) >= 11 is 1.62. The number of rotatable bonds is 7. The van der Waals surface area contributed by atoms with E-state index in [4.69, 9.17) is 18.9 Å². The van der Waals surface area contributed by atoms with Crippen molar-refractivity contribution < 1.29 is 32.8 Å². The number of aromatic nitrogens is 2. The molecular weight excluding hydrogens is 529 g/mol. The lowest BCUT2D eigenvalue weighted by atomic mass is 10.1. The summed E-state index contributed by atoms with van der Waals surface area (Å²) in [5.74, 6) is -1.40. The molecule has 0 saturated carbocycles. The van der Waals surface area contributed by atoms with Crippen molar-refractivity contribution in [1.29, 1.82) is 0 Å². The molecule has 2 saturated heterocycles. The van der Waals surface area contributed by atoms with Crippen LogP contribution in [-0.4, -0.2) is 67.0 Å². The summed E-state index contributed by atoms with van der Waals surface area (Å²) in [4.78, 5) is 4.29. The highest BCUT2D eigenvalue weighted by molar-refractivity contribution is 14.1. The van der Waals surface area contributed by atoms with Crippen LogP contribution < -0.4 is 4.74 Å². The third-order valence-corrected chi connectivity index (χ3v) is 7.99. The van der Waals surface area contributed by atoms with Crippen LogP contribution >= 0.6 is 22.6 Å². The van der Waals surface area contributed by atoms with Gasteiger partial charge in [-0.3, -0.25) is 4.57 Å². The molecule has 0 aliphatic carbocycles. The van der Waals surface area contributed by atoms with Gasteiger partial charge in [0.15, 0.2) is 11.9 Å². The monoisotopic (exact) mass is 554 g/mol. The van der Waals surface area contributed by atoms with Crippen LogP contribution in [0.2, 0.25) is 25.7 Å². The molecule has 0 radical (unpaired) electrons. The van der Waals surface area contributed by atoms with Gasteiger partial charge in [0.1, 0.15) is 36.4 Å². The molecule has 4 atom stereocenters. The van der Waals surface area contributed by atoms with E-state index in [1.807, 2.05) is 0 Å². The summed E-state index contributed by atoms with van der Waals surface area (Å²) < 4.78 is 53.3. The third kappa shape index (κ3) is 4.37. The van der Waals surface area contributed by atoms with Gasteiger partial charge in [0.25, 0.3) is 6.01 Å². The van der Waals surface area contributed by atoms with Gasteiger partial charge in [-0.1, -0.05) is 19.6 Å². The lowest BCUT2D eigenvalue weighted by molar-refractivity contribution is 0.00339. The number of halogens is 3.